The van der Waals surface area contributed by atoms with Crippen LogP contribution in [0.2, 0.25) is 0 Å². The van der Waals surface area contributed by atoms with Gasteiger partial charge in [0.05, 0.1) is 11.6 Å². The lowest BCUT2D eigenvalue weighted by Gasteiger charge is -2.06. The summed E-state index contributed by atoms with van der Waals surface area (Å²) in [5, 5.41) is 5.70. The molecule has 0 spiro atoms. The third-order valence-corrected chi connectivity index (χ3v) is 4.43. The zero-order valence-electron chi connectivity index (χ0n) is 12.9. The summed E-state index contributed by atoms with van der Waals surface area (Å²) in [6.45, 7) is 2.21. The summed E-state index contributed by atoms with van der Waals surface area (Å²) in [6.07, 6.45) is 0. The number of nitrogens with one attached hydrogen (secondary N) is 1. The van der Waals surface area contributed by atoms with Crippen LogP contribution in [-0.4, -0.2) is 17.5 Å². The van der Waals surface area contributed by atoms with E-state index in [9.17, 15) is 4.79 Å². The van der Waals surface area contributed by atoms with Crippen LogP contribution in [0.25, 0.3) is 11.5 Å². The number of nitrogens with zero attached hydrogens (tertiary/aromatic N) is 1. The topological polar surface area (TPSA) is 64.4 Å². The van der Waals surface area contributed by atoms with Crippen LogP contribution >= 0.6 is 27.3 Å². The van der Waals surface area contributed by atoms with E-state index in [-0.39, 0.29) is 12.5 Å². The normalized spacial score (nSPS) is 10.6. The van der Waals surface area contributed by atoms with Gasteiger partial charge in [0, 0.05) is 9.85 Å². The van der Waals surface area contributed by atoms with E-state index in [4.69, 9.17) is 9.15 Å². The van der Waals surface area contributed by atoms with Crippen LogP contribution in [0.5, 0.6) is 5.75 Å². The second kappa shape index (κ2) is 7.63. The molecule has 3 aromatic rings. The highest BCUT2D eigenvalue weighted by atomic mass is 79.9. The van der Waals surface area contributed by atoms with E-state index in [2.05, 4.69) is 26.2 Å². The second-order valence-electron chi connectivity index (χ2n) is 5.04. The van der Waals surface area contributed by atoms with Crippen LogP contribution in [0.4, 0.5) is 0 Å². The smallest absolute Gasteiger partial charge is 0.258 e. The molecular weight excluding hydrogens is 392 g/mol. The first-order valence-electron chi connectivity index (χ1n) is 7.26. The van der Waals surface area contributed by atoms with Gasteiger partial charge in [0.2, 0.25) is 0 Å². The van der Waals surface area contributed by atoms with Crippen molar-refractivity contribution in [3.05, 3.63) is 57.0 Å². The lowest BCUT2D eigenvalue weighted by atomic mass is 10.3. The SMILES string of the molecule is Cc1nc(-c2ccc(CNC(=O)COc3cccc(Br)c3)o2)cs1. The van der Waals surface area contributed by atoms with E-state index in [0.29, 0.717) is 23.8 Å². The van der Waals surface area contributed by atoms with Crippen LogP contribution in [0.1, 0.15) is 10.8 Å². The van der Waals surface area contributed by atoms with Crippen molar-refractivity contribution in [3.8, 4) is 17.2 Å². The Morgan fingerprint density at radius 1 is 1.38 bits per heavy atom. The van der Waals surface area contributed by atoms with E-state index < -0.39 is 0 Å². The second-order valence-corrected chi connectivity index (χ2v) is 7.02. The molecule has 0 aliphatic carbocycles. The number of amides is 1. The molecule has 0 radical (unpaired) electrons. The Hall–Kier alpha value is -2.12. The summed E-state index contributed by atoms with van der Waals surface area (Å²) in [6, 6.07) is 11.0. The number of thiazole rings is 1. The van der Waals surface area contributed by atoms with Crippen molar-refractivity contribution in [1.82, 2.24) is 10.3 Å². The molecule has 5 nitrogen and oxygen atoms in total. The zero-order valence-corrected chi connectivity index (χ0v) is 15.3. The highest BCUT2D eigenvalue weighted by Crippen LogP contribution is 2.23. The fourth-order valence-electron chi connectivity index (χ4n) is 2.03. The number of hydrogen-bond acceptors (Lipinski definition) is 5. The molecule has 2 heterocycles. The van der Waals surface area contributed by atoms with Crippen molar-refractivity contribution in [1.29, 1.82) is 0 Å². The van der Waals surface area contributed by atoms with E-state index in [0.717, 1.165) is 15.2 Å². The van der Waals surface area contributed by atoms with Crippen LogP contribution in [0.3, 0.4) is 0 Å². The fourth-order valence-corrected chi connectivity index (χ4v) is 3.01. The van der Waals surface area contributed by atoms with E-state index in [1.54, 1.807) is 17.4 Å². The molecule has 0 atom stereocenters. The van der Waals surface area contributed by atoms with Crippen molar-refractivity contribution in [2.75, 3.05) is 6.61 Å². The van der Waals surface area contributed by atoms with Gasteiger partial charge in [-0.15, -0.1) is 11.3 Å². The number of rotatable bonds is 6. The minimum absolute atomic E-state index is 0.0463. The third-order valence-electron chi connectivity index (χ3n) is 3.16. The standard InChI is InChI=1S/C17H15BrN2O3S/c1-11-20-15(10-24-11)16-6-5-14(23-16)8-19-17(21)9-22-13-4-2-3-12(18)7-13/h2-7,10H,8-9H2,1H3,(H,19,21). The Balaban J connectivity index is 1.49. The Morgan fingerprint density at radius 3 is 3.00 bits per heavy atom. The average molecular weight is 407 g/mol. The molecule has 124 valence electrons. The Bertz CT molecular complexity index is 844. The number of carbonyl (C=O) groups is 1. The lowest BCUT2D eigenvalue weighted by molar-refractivity contribution is -0.123. The van der Waals surface area contributed by atoms with Gasteiger partial charge in [0.1, 0.15) is 17.2 Å². The molecule has 0 saturated heterocycles. The van der Waals surface area contributed by atoms with Gasteiger partial charge in [0.25, 0.3) is 5.91 Å². The molecule has 0 aliphatic heterocycles. The molecule has 3 rings (SSSR count). The summed E-state index contributed by atoms with van der Waals surface area (Å²) in [5.74, 6) is 1.80. The summed E-state index contributed by atoms with van der Waals surface area (Å²) >= 11 is 4.93. The number of aromatic nitrogens is 1. The van der Waals surface area contributed by atoms with Crippen molar-refractivity contribution >= 4 is 33.2 Å². The Morgan fingerprint density at radius 2 is 2.25 bits per heavy atom. The summed E-state index contributed by atoms with van der Waals surface area (Å²) in [7, 11) is 0. The minimum atomic E-state index is -0.211. The number of hydrogen-bond donors (Lipinski definition) is 1. The molecule has 24 heavy (non-hydrogen) atoms. The van der Waals surface area contributed by atoms with Gasteiger partial charge < -0.3 is 14.5 Å². The van der Waals surface area contributed by atoms with Crippen LogP contribution in [0, 0.1) is 6.92 Å². The molecule has 1 amide bonds. The molecule has 0 bridgehead atoms. The van der Waals surface area contributed by atoms with Gasteiger partial charge in [0.15, 0.2) is 12.4 Å². The molecule has 1 aromatic carbocycles. The maximum atomic E-state index is 11.9. The van der Waals surface area contributed by atoms with Gasteiger partial charge >= 0.3 is 0 Å². The van der Waals surface area contributed by atoms with Crippen molar-refractivity contribution in [3.63, 3.8) is 0 Å². The minimum Gasteiger partial charge on any atom is -0.484 e. The summed E-state index contributed by atoms with van der Waals surface area (Å²) in [5.41, 5.74) is 0.813. The van der Waals surface area contributed by atoms with Gasteiger partial charge in [-0.1, -0.05) is 22.0 Å². The first kappa shape index (κ1) is 16.7. The number of carbonyl (C=O) groups excluding carboxylic acids is 1. The quantitative estimate of drug-likeness (QED) is 0.666. The average Bonchev–Trinajstić information content (AvgIpc) is 3.20. The molecule has 2 aromatic heterocycles. The van der Waals surface area contributed by atoms with Crippen molar-refractivity contribution in [2.45, 2.75) is 13.5 Å². The van der Waals surface area contributed by atoms with Crippen molar-refractivity contribution in [2.24, 2.45) is 0 Å². The maximum absolute atomic E-state index is 11.9. The predicted molar refractivity (Wildman–Crippen MR) is 96.0 cm³/mol. The summed E-state index contributed by atoms with van der Waals surface area (Å²) in [4.78, 5) is 16.2. The van der Waals surface area contributed by atoms with Gasteiger partial charge in [-0.25, -0.2) is 4.98 Å². The molecular formula is C17H15BrN2O3S. The van der Waals surface area contributed by atoms with E-state index >= 15 is 0 Å². The summed E-state index contributed by atoms with van der Waals surface area (Å²) < 4.78 is 12.0. The molecule has 0 unspecified atom stereocenters. The number of ether oxygens (including phenoxy) is 1. The highest BCUT2D eigenvalue weighted by molar-refractivity contribution is 9.10. The monoisotopic (exact) mass is 406 g/mol. The van der Waals surface area contributed by atoms with Crippen LogP contribution in [-0.2, 0) is 11.3 Å². The predicted octanol–water partition coefficient (Wildman–Crippen LogP) is 4.17. The molecule has 1 N–H and O–H groups in total. The lowest BCUT2D eigenvalue weighted by Crippen LogP contribution is -2.28. The maximum Gasteiger partial charge on any atom is 0.258 e. The molecule has 0 fully saturated rings. The molecule has 7 heteroatoms. The van der Waals surface area contributed by atoms with Crippen LogP contribution < -0.4 is 10.1 Å². The first-order chi connectivity index (χ1) is 11.6. The number of benzene rings is 1. The fraction of sp³-hybridized carbons (Fsp3) is 0.176. The van der Waals surface area contributed by atoms with Gasteiger partial charge in [-0.05, 0) is 37.3 Å². The largest absolute Gasteiger partial charge is 0.484 e. The Labute approximate surface area is 151 Å². The van der Waals surface area contributed by atoms with E-state index in [1.807, 2.05) is 42.6 Å². The van der Waals surface area contributed by atoms with Gasteiger partial charge in [-0.2, -0.15) is 0 Å². The number of furan rings is 1. The number of halogens is 1. The highest BCUT2D eigenvalue weighted by Gasteiger charge is 2.09. The van der Waals surface area contributed by atoms with Gasteiger partial charge in [-0.3, -0.25) is 4.79 Å². The molecule has 0 aliphatic rings. The van der Waals surface area contributed by atoms with Crippen LogP contribution in [0.15, 0.2) is 50.7 Å². The zero-order chi connectivity index (χ0) is 16.9. The van der Waals surface area contributed by atoms with E-state index in [1.165, 1.54) is 0 Å². The number of aryl methyl sites for hydroxylation is 1. The Kier molecular flexibility index (Phi) is 5.32. The third kappa shape index (κ3) is 4.46. The molecule has 0 saturated carbocycles. The van der Waals surface area contributed by atoms with Crippen molar-refractivity contribution < 1.29 is 13.9 Å². The first-order valence-corrected chi connectivity index (χ1v) is 8.94.